The number of rotatable bonds is 2. The van der Waals surface area contributed by atoms with Crippen LogP contribution in [0.3, 0.4) is 0 Å². The Balaban J connectivity index is 1.66. The SMILES string of the molecule is O=C(ON1C(=O)c2ccccc2C1=O)c1n[nH]c2ccc(Cl)cc12. The van der Waals surface area contributed by atoms with E-state index < -0.39 is 17.8 Å². The van der Waals surface area contributed by atoms with Gasteiger partial charge in [0.05, 0.1) is 16.6 Å². The molecule has 0 fully saturated rings. The second-order valence-corrected chi connectivity index (χ2v) is 5.53. The Hall–Kier alpha value is -3.19. The second-order valence-electron chi connectivity index (χ2n) is 5.09. The van der Waals surface area contributed by atoms with Crippen molar-refractivity contribution in [2.24, 2.45) is 0 Å². The third-order valence-electron chi connectivity index (χ3n) is 3.65. The molecule has 0 spiro atoms. The number of benzene rings is 2. The predicted octanol–water partition coefficient (Wildman–Crippen LogP) is 2.58. The van der Waals surface area contributed by atoms with E-state index in [1.807, 2.05) is 0 Å². The van der Waals surface area contributed by atoms with E-state index in [4.69, 9.17) is 16.4 Å². The summed E-state index contributed by atoms with van der Waals surface area (Å²) in [6, 6.07) is 11.1. The van der Waals surface area contributed by atoms with E-state index in [1.54, 1.807) is 30.3 Å². The Labute approximate surface area is 139 Å². The lowest BCUT2D eigenvalue weighted by atomic mass is 10.1. The molecule has 0 bridgehead atoms. The van der Waals surface area contributed by atoms with Crippen molar-refractivity contribution < 1.29 is 19.2 Å². The van der Waals surface area contributed by atoms with Crippen LogP contribution in [0.4, 0.5) is 0 Å². The highest BCUT2D eigenvalue weighted by atomic mass is 35.5. The number of carbonyl (C=O) groups is 3. The molecule has 2 aromatic carbocycles. The summed E-state index contributed by atoms with van der Waals surface area (Å²) in [5, 5.41) is 7.83. The van der Waals surface area contributed by atoms with Crippen molar-refractivity contribution >= 4 is 40.3 Å². The normalized spacial score (nSPS) is 13.5. The van der Waals surface area contributed by atoms with Crippen molar-refractivity contribution in [2.45, 2.75) is 0 Å². The van der Waals surface area contributed by atoms with Gasteiger partial charge in [0.15, 0.2) is 5.69 Å². The molecule has 24 heavy (non-hydrogen) atoms. The van der Waals surface area contributed by atoms with E-state index in [2.05, 4.69) is 10.2 Å². The zero-order chi connectivity index (χ0) is 16.8. The van der Waals surface area contributed by atoms with Crippen LogP contribution in [-0.2, 0) is 4.84 Å². The van der Waals surface area contributed by atoms with Crippen LogP contribution in [0, 0.1) is 0 Å². The fourth-order valence-corrected chi connectivity index (χ4v) is 2.69. The first kappa shape index (κ1) is 14.4. The fourth-order valence-electron chi connectivity index (χ4n) is 2.52. The highest BCUT2D eigenvalue weighted by Gasteiger charge is 2.39. The summed E-state index contributed by atoms with van der Waals surface area (Å²) in [6.45, 7) is 0. The average Bonchev–Trinajstić information content (AvgIpc) is 3.10. The third-order valence-corrected chi connectivity index (χ3v) is 3.88. The molecule has 0 atom stereocenters. The average molecular weight is 342 g/mol. The number of hydrogen-bond acceptors (Lipinski definition) is 5. The fraction of sp³-hybridized carbons (Fsp3) is 0. The summed E-state index contributed by atoms with van der Waals surface area (Å²) < 4.78 is 0. The summed E-state index contributed by atoms with van der Waals surface area (Å²) in [6.07, 6.45) is 0. The molecular formula is C16H8ClN3O4. The number of halogens is 1. The van der Waals surface area contributed by atoms with E-state index in [0.29, 0.717) is 21.0 Å². The monoisotopic (exact) mass is 341 g/mol. The molecule has 1 aliphatic rings. The van der Waals surface area contributed by atoms with Gasteiger partial charge in [0.2, 0.25) is 0 Å². The maximum absolute atomic E-state index is 12.3. The van der Waals surface area contributed by atoms with Gasteiger partial charge in [-0.2, -0.15) is 5.10 Å². The van der Waals surface area contributed by atoms with Gasteiger partial charge in [-0.25, -0.2) is 4.79 Å². The Kier molecular flexibility index (Phi) is 3.10. The number of fused-ring (bicyclic) bond motifs is 2. The first-order valence-corrected chi connectivity index (χ1v) is 7.28. The highest BCUT2D eigenvalue weighted by molar-refractivity contribution is 6.31. The molecule has 0 unspecified atom stereocenters. The molecule has 2 heterocycles. The minimum Gasteiger partial charge on any atom is -0.322 e. The van der Waals surface area contributed by atoms with Gasteiger partial charge in [0.1, 0.15) is 0 Å². The van der Waals surface area contributed by atoms with Gasteiger partial charge < -0.3 is 4.84 Å². The van der Waals surface area contributed by atoms with Crippen LogP contribution < -0.4 is 0 Å². The van der Waals surface area contributed by atoms with Crippen molar-refractivity contribution in [1.82, 2.24) is 15.3 Å². The predicted molar refractivity (Wildman–Crippen MR) is 83.5 cm³/mol. The molecule has 1 aromatic heterocycles. The number of nitrogens with zero attached hydrogens (tertiary/aromatic N) is 2. The van der Waals surface area contributed by atoms with E-state index in [9.17, 15) is 14.4 Å². The number of nitrogens with one attached hydrogen (secondary N) is 1. The van der Waals surface area contributed by atoms with E-state index in [0.717, 1.165) is 0 Å². The van der Waals surface area contributed by atoms with Gasteiger partial charge in [-0.1, -0.05) is 28.8 Å². The standard InChI is InChI=1S/C16H8ClN3O4/c17-8-5-6-12-11(7-8)13(19-18-12)16(23)24-20-14(21)9-3-1-2-4-10(9)15(20)22/h1-7H,(H,18,19). The van der Waals surface area contributed by atoms with Crippen LogP contribution in [0.15, 0.2) is 42.5 Å². The summed E-state index contributed by atoms with van der Waals surface area (Å²) in [4.78, 5) is 41.7. The van der Waals surface area contributed by atoms with Crippen molar-refractivity contribution in [3.63, 3.8) is 0 Å². The maximum atomic E-state index is 12.3. The van der Waals surface area contributed by atoms with Crippen molar-refractivity contribution in [1.29, 1.82) is 0 Å². The molecule has 0 aliphatic carbocycles. The lowest BCUT2D eigenvalue weighted by Gasteiger charge is -2.11. The van der Waals surface area contributed by atoms with Gasteiger partial charge in [0, 0.05) is 10.4 Å². The summed E-state index contributed by atoms with van der Waals surface area (Å²) >= 11 is 5.92. The summed E-state index contributed by atoms with van der Waals surface area (Å²) in [7, 11) is 0. The Bertz CT molecular complexity index is 992. The second kappa shape index (κ2) is 5.17. The molecule has 0 saturated carbocycles. The molecule has 118 valence electrons. The largest absolute Gasteiger partial charge is 0.384 e. The van der Waals surface area contributed by atoms with Crippen LogP contribution in [0.1, 0.15) is 31.2 Å². The number of hydrogen-bond donors (Lipinski definition) is 1. The maximum Gasteiger partial charge on any atom is 0.384 e. The number of hydroxylamine groups is 2. The zero-order valence-electron chi connectivity index (χ0n) is 11.9. The summed E-state index contributed by atoms with van der Waals surface area (Å²) in [5.41, 5.74) is 0.883. The van der Waals surface area contributed by atoms with Gasteiger partial charge in [-0.05, 0) is 30.3 Å². The van der Waals surface area contributed by atoms with Gasteiger partial charge >= 0.3 is 5.97 Å². The molecular weight excluding hydrogens is 334 g/mol. The lowest BCUT2D eigenvalue weighted by Crippen LogP contribution is -2.32. The van der Waals surface area contributed by atoms with Gasteiger partial charge in [-0.3, -0.25) is 14.7 Å². The minimum atomic E-state index is -0.932. The topological polar surface area (TPSA) is 92.4 Å². The van der Waals surface area contributed by atoms with Crippen LogP contribution in [0.2, 0.25) is 5.02 Å². The van der Waals surface area contributed by atoms with Crippen LogP contribution in [0.25, 0.3) is 10.9 Å². The van der Waals surface area contributed by atoms with Crippen LogP contribution in [-0.4, -0.2) is 33.0 Å². The Morgan fingerprint density at radius 2 is 1.75 bits per heavy atom. The lowest BCUT2D eigenvalue weighted by molar-refractivity contribution is -0.0587. The quantitative estimate of drug-likeness (QED) is 0.723. The number of amides is 2. The number of aromatic amines is 1. The highest BCUT2D eigenvalue weighted by Crippen LogP contribution is 2.25. The smallest absolute Gasteiger partial charge is 0.322 e. The molecule has 3 aromatic rings. The van der Waals surface area contributed by atoms with Gasteiger partial charge in [-0.15, -0.1) is 0 Å². The minimum absolute atomic E-state index is 0.0657. The van der Waals surface area contributed by atoms with E-state index in [1.165, 1.54) is 12.1 Å². The molecule has 0 radical (unpaired) electrons. The first-order valence-electron chi connectivity index (χ1n) is 6.90. The molecule has 8 heteroatoms. The number of aromatic nitrogens is 2. The first-order chi connectivity index (χ1) is 11.6. The van der Waals surface area contributed by atoms with E-state index in [-0.39, 0.29) is 16.8 Å². The molecule has 7 nitrogen and oxygen atoms in total. The Morgan fingerprint density at radius 3 is 2.42 bits per heavy atom. The molecule has 4 rings (SSSR count). The Morgan fingerprint density at radius 1 is 1.08 bits per heavy atom. The third kappa shape index (κ3) is 2.06. The molecule has 1 N–H and O–H groups in total. The number of H-pyrrole nitrogens is 1. The van der Waals surface area contributed by atoms with Crippen molar-refractivity contribution in [2.75, 3.05) is 0 Å². The van der Waals surface area contributed by atoms with Crippen molar-refractivity contribution in [3.05, 3.63) is 64.3 Å². The van der Waals surface area contributed by atoms with E-state index >= 15 is 0 Å². The molecule has 1 aliphatic heterocycles. The number of carbonyl (C=O) groups excluding carboxylic acids is 3. The zero-order valence-corrected chi connectivity index (χ0v) is 12.7. The van der Waals surface area contributed by atoms with Crippen LogP contribution in [0.5, 0.6) is 0 Å². The molecule has 2 amide bonds. The van der Waals surface area contributed by atoms with Gasteiger partial charge in [0.25, 0.3) is 11.8 Å². The molecule has 0 saturated heterocycles. The van der Waals surface area contributed by atoms with Crippen LogP contribution >= 0.6 is 11.6 Å². The number of imide groups is 1. The summed E-state index contributed by atoms with van der Waals surface area (Å²) in [5.74, 6) is -2.32. The van der Waals surface area contributed by atoms with Crippen molar-refractivity contribution in [3.8, 4) is 0 Å².